The highest BCUT2D eigenvalue weighted by Crippen LogP contribution is 2.31. The zero-order valence-corrected chi connectivity index (χ0v) is 12.2. The van der Waals surface area contributed by atoms with Crippen LogP contribution in [-0.4, -0.2) is 25.7 Å². The SMILES string of the molecule is CC(C)COCCCNc1cc2c(cc1N)CC(=O)N2. The Morgan fingerprint density at radius 2 is 2.25 bits per heavy atom. The van der Waals surface area contributed by atoms with Crippen molar-refractivity contribution in [2.24, 2.45) is 5.92 Å². The minimum absolute atomic E-state index is 0.0265. The molecule has 1 aliphatic heterocycles. The summed E-state index contributed by atoms with van der Waals surface area (Å²) >= 11 is 0. The van der Waals surface area contributed by atoms with Crippen molar-refractivity contribution in [1.29, 1.82) is 0 Å². The minimum atomic E-state index is 0.0265. The van der Waals surface area contributed by atoms with Gasteiger partial charge in [0.15, 0.2) is 0 Å². The average molecular weight is 277 g/mol. The Bertz CT molecular complexity index is 486. The molecule has 0 radical (unpaired) electrons. The maximum absolute atomic E-state index is 11.3. The maximum Gasteiger partial charge on any atom is 0.228 e. The lowest BCUT2D eigenvalue weighted by Crippen LogP contribution is -2.09. The van der Waals surface area contributed by atoms with Crippen LogP contribution >= 0.6 is 0 Å². The first-order chi connectivity index (χ1) is 9.56. The van der Waals surface area contributed by atoms with Gasteiger partial charge in [0.2, 0.25) is 5.91 Å². The second kappa shape index (κ2) is 6.61. The molecule has 0 spiro atoms. The number of ether oxygens (including phenoxy) is 1. The fraction of sp³-hybridized carbons (Fsp3) is 0.533. The average Bonchev–Trinajstić information content (AvgIpc) is 2.72. The van der Waals surface area contributed by atoms with Gasteiger partial charge in [-0.05, 0) is 30.0 Å². The highest BCUT2D eigenvalue weighted by molar-refractivity contribution is 6.00. The van der Waals surface area contributed by atoms with Gasteiger partial charge in [-0.1, -0.05) is 13.8 Å². The van der Waals surface area contributed by atoms with Gasteiger partial charge in [0.1, 0.15) is 0 Å². The standard InChI is InChI=1S/C15H23N3O2/c1-10(2)9-20-5-3-4-17-14-8-13-11(6-12(14)16)7-15(19)18-13/h6,8,10,17H,3-5,7,9,16H2,1-2H3,(H,18,19). The maximum atomic E-state index is 11.3. The van der Waals surface area contributed by atoms with Crippen LogP contribution in [0.25, 0.3) is 0 Å². The molecule has 0 atom stereocenters. The molecule has 20 heavy (non-hydrogen) atoms. The van der Waals surface area contributed by atoms with Gasteiger partial charge >= 0.3 is 0 Å². The molecule has 1 aliphatic rings. The predicted molar refractivity (Wildman–Crippen MR) is 82.0 cm³/mol. The molecule has 2 rings (SSSR count). The number of anilines is 3. The zero-order valence-electron chi connectivity index (χ0n) is 12.2. The second-order valence-electron chi connectivity index (χ2n) is 5.57. The van der Waals surface area contributed by atoms with Gasteiger partial charge in [-0.15, -0.1) is 0 Å². The predicted octanol–water partition coefficient (Wildman–Crippen LogP) is 2.24. The number of fused-ring (bicyclic) bond motifs is 1. The topological polar surface area (TPSA) is 76.4 Å². The van der Waals surface area contributed by atoms with Crippen molar-refractivity contribution >= 4 is 23.0 Å². The normalized spacial score (nSPS) is 13.4. The van der Waals surface area contributed by atoms with E-state index in [1.54, 1.807) is 0 Å². The van der Waals surface area contributed by atoms with Crippen LogP contribution in [0.4, 0.5) is 17.1 Å². The largest absolute Gasteiger partial charge is 0.397 e. The Morgan fingerprint density at radius 3 is 3.00 bits per heavy atom. The third-order valence-electron chi connectivity index (χ3n) is 3.13. The van der Waals surface area contributed by atoms with Gasteiger partial charge in [0.05, 0.1) is 17.8 Å². The summed E-state index contributed by atoms with van der Waals surface area (Å²) in [6, 6.07) is 3.77. The Morgan fingerprint density at radius 1 is 1.45 bits per heavy atom. The molecule has 5 heteroatoms. The van der Waals surface area contributed by atoms with Crippen molar-refractivity contribution in [2.75, 3.05) is 36.1 Å². The lowest BCUT2D eigenvalue weighted by Gasteiger charge is -2.12. The van der Waals surface area contributed by atoms with Crippen LogP contribution in [0, 0.1) is 5.92 Å². The summed E-state index contributed by atoms with van der Waals surface area (Å²) in [5.41, 5.74) is 9.38. The molecule has 4 N–H and O–H groups in total. The molecule has 0 fully saturated rings. The van der Waals surface area contributed by atoms with E-state index in [-0.39, 0.29) is 5.91 Å². The van der Waals surface area contributed by atoms with Gasteiger partial charge in [-0.3, -0.25) is 4.79 Å². The quantitative estimate of drug-likeness (QED) is 0.527. The molecule has 110 valence electrons. The molecular weight excluding hydrogens is 254 g/mol. The first kappa shape index (κ1) is 14.7. The third-order valence-corrected chi connectivity index (χ3v) is 3.13. The number of nitrogens with one attached hydrogen (secondary N) is 2. The summed E-state index contributed by atoms with van der Waals surface area (Å²) in [4.78, 5) is 11.3. The summed E-state index contributed by atoms with van der Waals surface area (Å²) in [5.74, 6) is 0.595. The number of benzene rings is 1. The molecule has 0 bridgehead atoms. The fourth-order valence-electron chi connectivity index (χ4n) is 2.16. The van der Waals surface area contributed by atoms with Crippen LogP contribution in [0.1, 0.15) is 25.8 Å². The lowest BCUT2D eigenvalue weighted by atomic mass is 10.1. The molecule has 0 aromatic heterocycles. The lowest BCUT2D eigenvalue weighted by molar-refractivity contribution is -0.115. The van der Waals surface area contributed by atoms with E-state index in [1.165, 1.54) is 0 Å². The van der Waals surface area contributed by atoms with E-state index in [0.29, 0.717) is 18.0 Å². The molecule has 5 nitrogen and oxygen atoms in total. The van der Waals surface area contributed by atoms with Crippen LogP contribution in [-0.2, 0) is 16.0 Å². The summed E-state index contributed by atoms with van der Waals surface area (Å²) in [6.45, 7) is 6.62. The third kappa shape index (κ3) is 3.87. The van der Waals surface area contributed by atoms with Crippen LogP contribution in [0.5, 0.6) is 0 Å². The van der Waals surface area contributed by atoms with E-state index >= 15 is 0 Å². The van der Waals surface area contributed by atoms with E-state index in [0.717, 1.165) is 43.1 Å². The number of hydrogen-bond donors (Lipinski definition) is 3. The smallest absolute Gasteiger partial charge is 0.228 e. The van der Waals surface area contributed by atoms with Crippen molar-refractivity contribution < 1.29 is 9.53 Å². The highest BCUT2D eigenvalue weighted by atomic mass is 16.5. The summed E-state index contributed by atoms with van der Waals surface area (Å²) in [5, 5.41) is 6.12. The van der Waals surface area contributed by atoms with E-state index < -0.39 is 0 Å². The van der Waals surface area contributed by atoms with Crippen molar-refractivity contribution in [1.82, 2.24) is 0 Å². The molecule has 1 amide bonds. The number of carbonyl (C=O) groups excluding carboxylic acids is 1. The fourth-order valence-corrected chi connectivity index (χ4v) is 2.16. The summed E-state index contributed by atoms with van der Waals surface area (Å²) in [6.07, 6.45) is 1.35. The van der Waals surface area contributed by atoms with Gasteiger partial charge < -0.3 is 21.1 Å². The van der Waals surface area contributed by atoms with E-state index in [1.807, 2.05) is 12.1 Å². The number of nitrogen functional groups attached to an aromatic ring is 1. The molecule has 1 heterocycles. The number of rotatable bonds is 7. The minimum Gasteiger partial charge on any atom is -0.397 e. The van der Waals surface area contributed by atoms with Crippen LogP contribution in [0.2, 0.25) is 0 Å². The second-order valence-corrected chi connectivity index (χ2v) is 5.57. The number of nitrogens with two attached hydrogens (primary N) is 1. The number of carbonyl (C=O) groups is 1. The summed E-state index contributed by atoms with van der Waals surface area (Å²) < 4.78 is 5.52. The molecular formula is C15H23N3O2. The van der Waals surface area contributed by atoms with Gasteiger partial charge in [0, 0.05) is 25.4 Å². The van der Waals surface area contributed by atoms with Crippen LogP contribution in [0.3, 0.4) is 0 Å². The Hall–Kier alpha value is -1.75. The monoisotopic (exact) mass is 277 g/mol. The first-order valence-electron chi connectivity index (χ1n) is 7.10. The number of hydrogen-bond acceptors (Lipinski definition) is 4. The van der Waals surface area contributed by atoms with Gasteiger partial charge in [-0.25, -0.2) is 0 Å². The first-order valence-corrected chi connectivity index (χ1v) is 7.10. The van der Waals surface area contributed by atoms with E-state index in [9.17, 15) is 4.79 Å². The van der Waals surface area contributed by atoms with Crippen molar-refractivity contribution in [2.45, 2.75) is 26.7 Å². The van der Waals surface area contributed by atoms with E-state index in [2.05, 4.69) is 24.5 Å². The van der Waals surface area contributed by atoms with Crippen LogP contribution in [0.15, 0.2) is 12.1 Å². The molecule has 0 saturated carbocycles. The van der Waals surface area contributed by atoms with Crippen molar-refractivity contribution in [3.63, 3.8) is 0 Å². The summed E-state index contributed by atoms with van der Waals surface area (Å²) in [7, 11) is 0. The molecule has 1 aromatic carbocycles. The van der Waals surface area contributed by atoms with Gasteiger partial charge in [-0.2, -0.15) is 0 Å². The molecule has 0 aliphatic carbocycles. The molecule has 0 saturated heterocycles. The van der Waals surface area contributed by atoms with Gasteiger partial charge in [0.25, 0.3) is 0 Å². The highest BCUT2D eigenvalue weighted by Gasteiger charge is 2.19. The zero-order chi connectivity index (χ0) is 14.5. The number of amides is 1. The van der Waals surface area contributed by atoms with E-state index in [4.69, 9.17) is 10.5 Å². The molecule has 1 aromatic rings. The Kier molecular flexibility index (Phi) is 4.84. The Labute approximate surface area is 119 Å². The van der Waals surface area contributed by atoms with Crippen molar-refractivity contribution in [3.05, 3.63) is 17.7 Å². The van der Waals surface area contributed by atoms with Crippen molar-refractivity contribution in [3.8, 4) is 0 Å². The molecule has 0 unspecified atom stereocenters. The van der Waals surface area contributed by atoms with Crippen LogP contribution < -0.4 is 16.4 Å². The Balaban J connectivity index is 1.79.